The van der Waals surface area contributed by atoms with Crippen LogP contribution in [-0.2, 0) is 19.8 Å². The van der Waals surface area contributed by atoms with E-state index >= 15 is 0 Å². The largest absolute Gasteiger partial charge is 0.273 e. The number of halogens is 1. The third-order valence-corrected chi connectivity index (χ3v) is 6.55. The molecule has 2 fully saturated rings. The van der Waals surface area contributed by atoms with Crippen molar-refractivity contribution in [1.29, 1.82) is 0 Å². The summed E-state index contributed by atoms with van der Waals surface area (Å²) < 4.78 is 0. The second-order valence-corrected chi connectivity index (χ2v) is 9.96. The summed E-state index contributed by atoms with van der Waals surface area (Å²) in [6.07, 6.45) is -0.899. The van der Waals surface area contributed by atoms with Crippen LogP contribution in [0.25, 0.3) is 0 Å². The Hall–Kier alpha value is -3.15. The minimum Gasteiger partial charge on any atom is -0.273 e. The Morgan fingerprint density at radius 1 is 0.818 bits per heavy atom. The highest BCUT2D eigenvalue weighted by Gasteiger charge is 2.60. The molecule has 0 N–H and O–H groups in total. The molecule has 0 saturated carbocycles. The average Bonchev–Trinajstić information content (AvgIpc) is 3.30. The number of amides is 2. The fraction of sp³-hybridized carbons (Fsp3) is 0.259. The molecule has 3 atom stereocenters. The van der Waals surface area contributed by atoms with Crippen LogP contribution in [0.2, 0.25) is 5.02 Å². The minimum absolute atomic E-state index is 0.00881. The Morgan fingerprint density at radius 3 is 2.12 bits per heavy atom. The molecule has 0 aromatic heterocycles. The SMILES string of the molecule is CC(C)(C)c1ccc([C@@H]2[C@@H]3C(=O)N(c4cccc(Cl)c4)C(=O)[C@@H]3ON2c2ccccc2)cc1. The first kappa shape index (κ1) is 21.7. The topological polar surface area (TPSA) is 49.9 Å². The molecule has 33 heavy (non-hydrogen) atoms. The maximum absolute atomic E-state index is 13.7. The standard InChI is InChI=1S/C27H25ClN2O3/c1-27(2,3)18-14-12-17(13-15-18)23-22-24(33-30(23)20-9-5-4-6-10-20)26(32)29(25(22)31)21-11-7-8-19(28)16-21/h4-16,22-24H,1-3H3/t22-,23+,24+/m0/s1. The summed E-state index contributed by atoms with van der Waals surface area (Å²) in [5.74, 6) is -1.32. The van der Waals surface area contributed by atoms with Crippen LogP contribution in [0, 0.1) is 5.92 Å². The van der Waals surface area contributed by atoms with E-state index in [2.05, 4.69) is 32.9 Å². The summed E-state index contributed by atoms with van der Waals surface area (Å²) in [4.78, 5) is 34.4. The van der Waals surface area contributed by atoms with Crippen molar-refractivity contribution in [3.05, 3.63) is 95.0 Å². The van der Waals surface area contributed by atoms with Gasteiger partial charge in [-0.25, -0.2) is 9.96 Å². The number of carbonyl (C=O) groups excluding carboxylic acids is 2. The normalized spacial score (nSPS) is 22.7. The van der Waals surface area contributed by atoms with Gasteiger partial charge in [-0.05, 0) is 46.9 Å². The zero-order chi connectivity index (χ0) is 23.3. The minimum atomic E-state index is -0.899. The first-order chi connectivity index (χ1) is 15.8. The number of fused-ring (bicyclic) bond motifs is 1. The van der Waals surface area contributed by atoms with Gasteiger partial charge in [-0.3, -0.25) is 14.4 Å². The van der Waals surface area contributed by atoms with Gasteiger partial charge in [0.15, 0.2) is 6.10 Å². The number of hydrogen-bond acceptors (Lipinski definition) is 4. The van der Waals surface area contributed by atoms with Gasteiger partial charge in [-0.1, -0.05) is 80.9 Å². The number of benzene rings is 3. The highest BCUT2D eigenvalue weighted by Crippen LogP contribution is 2.47. The van der Waals surface area contributed by atoms with E-state index in [1.54, 1.807) is 29.3 Å². The molecule has 0 aliphatic carbocycles. The maximum atomic E-state index is 13.7. The van der Waals surface area contributed by atoms with Gasteiger partial charge in [0, 0.05) is 5.02 Å². The molecule has 0 unspecified atom stereocenters. The van der Waals surface area contributed by atoms with E-state index in [0.717, 1.165) is 11.3 Å². The zero-order valence-corrected chi connectivity index (χ0v) is 19.5. The molecule has 2 aliphatic heterocycles. The van der Waals surface area contributed by atoms with Gasteiger partial charge in [-0.15, -0.1) is 0 Å². The molecule has 0 radical (unpaired) electrons. The quantitative estimate of drug-likeness (QED) is 0.471. The van der Waals surface area contributed by atoms with Crippen molar-refractivity contribution in [2.24, 2.45) is 5.92 Å². The van der Waals surface area contributed by atoms with Gasteiger partial charge in [0.1, 0.15) is 5.92 Å². The van der Waals surface area contributed by atoms with Crippen LogP contribution in [-0.4, -0.2) is 17.9 Å². The molecule has 2 amide bonds. The van der Waals surface area contributed by atoms with Crippen molar-refractivity contribution in [1.82, 2.24) is 0 Å². The third kappa shape index (κ3) is 3.71. The van der Waals surface area contributed by atoms with Crippen LogP contribution in [0.3, 0.4) is 0 Å². The van der Waals surface area contributed by atoms with E-state index in [1.807, 2.05) is 42.5 Å². The Balaban J connectivity index is 1.57. The van der Waals surface area contributed by atoms with Crippen LogP contribution in [0.15, 0.2) is 78.9 Å². The predicted octanol–water partition coefficient (Wildman–Crippen LogP) is 5.69. The number of para-hydroxylation sites is 1. The van der Waals surface area contributed by atoms with Gasteiger partial charge in [-0.2, -0.15) is 0 Å². The van der Waals surface area contributed by atoms with E-state index in [4.69, 9.17) is 16.4 Å². The van der Waals surface area contributed by atoms with Crippen molar-refractivity contribution in [2.45, 2.75) is 38.3 Å². The Morgan fingerprint density at radius 2 is 1.48 bits per heavy atom. The number of hydrogen-bond donors (Lipinski definition) is 0. The van der Waals surface area contributed by atoms with Gasteiger partial charge >= 0.3 is 0 Å². The van der Waals surface area contributed by atoms with Gasteiger partial charge in [0.2, 0.25) is 5.91 Å². The van der Waals surface area contributed by atoms with E-state index < -0.39 is 18.1 Å². The van der Waals surface area contributed by atoms with E-state index in [9.17, 15) is 9.59 Å². The predicted molar refractivity (Wildman–Crippen MR) is 129 cm³/mol. The lowest BCUT2D eigenvalue weighted by Gasteiger charge is -2.29. The lowest BCUT2D eigenvalue weighted by atomic mass is 9.84. The number of nitrogens with zero attached hydrogens (tertiary/aromatic N) is 2. The van der Waals surface area contributed by atoms with Crippen molar-refractivity contribution >= 4 is 34.8 Å². The molecule has 3 aromatic carbocycles. The van der Waals surface area contributed by atoms with Crippen molar-refractivity contribution in [3.8, 4) is 0 Å². The summed E-state index contributed by atoms with van der Waals surface area (Å²) in [7, 11) is 0. The summed E-state index contributed by atoms with van der Waals surface area (Å²) in [6.45, 7) is 6.49. The summed E-state index contributed by atoms with van der Waals surface area (Å²) in [5, 5.41) is 2.18. The monoisotopic (exact) mass is 460 g/mol. The van der Waals surface area contributed by atoms with Crippen LogP contribution in [0.5, 0.6) is 0 Å². The highest BCUT2D eigenvalue weighted by atomic mass is 35.5. The lowest BCUT2D eigenvalue weighted by molar-refractivity contribution is -0.126. The number of carbonyl (C=O) groups is 2. The van der Waals surface area contributed by atoms with Crippen molar-refractivity contribution in [2.75, 3.05) is 9.96 Å². The molecule has 5 nitrogen and oxygen atoms in total. The van der Waals surface area contributed by atoms with Crippen LogP contribution < -0.4 is 9.96 Å². The molecular formula is C27H25ClN2O3. The Labute approximate surface area is 198 Å². The van der Waals surface area contributed by atoms with Crippen LogP contribution in [0.4, 0.5) is 11.4 Å². The molecule has 6 heteroatoms. The maximum Gasteiger partial charge on any atom is 0.266 e. The Kier molecular flexibility index (Phi) is 5.26. The third-order valence-electron chi connectivity index (χ3n) is 6.31. The number of rotatable bonds is 3. The number of anilines is 2. The molecule has 3 aromatic rings. The molecule has 2 aliphatic rings. The van der Waals surface area contributed by atoms with E-state index in [-0.39, 0.29) is 17.2 Å². The first-order valence-electron chi connectivity index (χ1n) is 11.0. The van der Waals surface area contributed by atoms with Gasteiger partial charge < -0.3 is 0 Å². The smallest absolute Gasteiger partial charge is 0.266 e. The number of imide groups is 1. The lowest BCUT2D eigenvalue weighted by Crippen LogP contribution is -2.37. The van der Waals surface area contributed by atoms with Crippen molar-refractivity contribution < 1.29 is 14.4 Å². The second-order valence-electron chi connectivity index (χ2n) is 9.52. The zero-order valence-electron chi connectivity index (χ0n) is 18.7. The molecule has 0 bridgehead atoms. The molecule has 5 rings (SSSR count). The fourth-order valence-corrected chi connectivity index (χ4v) is 4.79. The highest BCUT2D eigenvalue weighted by molar-refractivity contribution is 6.31. The van der Waals surface area contributed by atoms with Gasteiger partial charge in [0.25, 0.3) is 5.91 Å². The first-order valence-corrected chi connectivity index (χ1v) is 11.4. The number of hydroxylamine groups is 1. The fourth-order valence-electron chi connectivity index (χ4n) is 4.60. The summed E-state index contributed by atoms with van der Waals surface area (Å²) in [5.41, 5.74) is 3.39. The van der Waals surface area contributed by atoms with Crippen molar-refractivity contribution in [3.63, 3.8) is 0 Å². The van der Waals surface area contributed by atoms with Crippen LogP contribution in [0.1, 0.15) is 37.9 Å². The molecule has 2 saturated heterocycles. The summed E-state index contributed by atoms with van der Waals surface area (Å²) in [6, 6.07) is 24.2. The average molecular weight is 461 g/mol. The second kappa shape index (κ2) is 8.01. The molecule has 2 heterocycles. The molecule has 0 spiro atoms. The Bertz CT molecular complexity index is 1200. The summed E-state index contributed by atoms with van der Waals surface area (Å²) >= 11 is 6.13. The molecule has 168 valence electrons. The molecular weight excluding hydrogens is 436 g/mol. The van der Waals surface area contributed by atoms with E-state index in [0.29, 0.717) is 10.7 Å². The van der Waals surface area contributed by atoms with E-state index in [1.165, 1.54) is 10.5 Å². The van der Waals surface area contributed by atoms with Crippen LogP contribution >= 0.6 is 11.6 Å². The van der Waals surface area contributed by atoms with Gasteiger partial charge in [0.05, 0.1) is 17.4 Å².